The molecule has 0 amide bonds. The van der Waals surface area contributed by atoms with E-state index < -0.39 is 53.5 Å². The number of aliphatic carboxylic acids is 1. The van der Waals surface area contributed by atoms with Crippen molar-refractivity contribution in [3.63, 3.8) is 0 Å². The van der Waals surface area contributed by atoms with E-state index in [0.29, 0.717) is 18.4 Å². The van der Waals surface area contributed by atoms with Gasteiger partial charge in [-0.15, -0.1) is 0 Å². The Morgan fingerprint density at radius 1 is 1.05 bits per heavy atom. The summed E-state index contributed by atoms with van der Waals surface area (Å²) in [4.78, 5) is 65.1. The Balaban J connectivity index is 1.60. The standard InChI is InChI=1S/C31H36O9/c1-3-5-7-8-9-11-12-18-14-23-30(17-24(33)34)16-20-25(28(36)38-27(20)35)26-19(18)15-22(21(32)13-10-6-4-2)39-31(23,26)40-29(30)37/h3-6,14,18-19,22,26H,7-13,15-17H2,1-2H3,(H,33,34)/b5-3+,6-4+/t18-,19+,22+,26+,30-,31-/m0/s1. The SMILES string of the molecule is C/C=C/CCCCC[C@H]1C=C2[C@@]3(CC(=O)O)CC4=C(C(=O)OC4=O)[C@H]4[C@@H]1C[C@H](C(=O)CC/C=C/C)O[C@]24OC3=O. The number of carboxylic acid groups (broad SMARTS) is 1. The molecule has 1 N–H and O–H groups in total. The van der Waals surface area contributed by atoms with Crippen LogP contribution >= 0.6 is 0 Å². The summed E-state index contributed by atoms with van der Waals surface area (Å²) >= 11 is 0. The number of carbonyl (C=O) groups excluding carboxylic acids is 4. The van der Waals surface area contributed by atoms with Crippen molar-refractivity contribution in [1.29, 1.82) is 0 Å². The number of hydrogen-bond donors (Lipinski definition) is 1. The molecule has 0 aromatic heterocycles. The first-order chi connectivity index (χ1) is 19.2. The average molecular weight is 553 g/mol. The first-order valence-corrected chi connectivity index (χ1v) is 14.3. The van der Waals surface area contributed by atoms with Crippen molar-refractivity contribution in [3.05, 3.63) is 47.1 Å². The second kappa shape index (κ2) is 10.9. The maximum atomic E-state index is 13.7. The minimum Gasteiger partial charge on any atom is -0.481 e. The molecule has 40 heavy (non-hydrogen) atoms. The van der Waals surface area contributed by atoms with E-state index >= 15 is 0 Å². The van der Waals surface area contributed by atoms with Crippen molar-refractivity contribution in [2.75, 3.05) is 0 Å². The lowest BCUT2D eigenvalue weighted by Gasteiger charge is -2.52. The third kappa shape index (κ3) is 4.48. The summed E-state index contributed by atoms with van der Waals surface area (Å²) in [5.41, 5.74) is -1.25. The number of ether oxygens (including phenoxy) is 3. The van der Waals surface area contributed by atoms with Gasteiger partial charge in [0.1, 0.15) is 11.5 Å². The van der Waals surface area contributed by atoms with Gasteiger partial charge in [0.2, 0.25) is 5.79 Å². The Kier molecular flexibility index (Phi) is 7.70. The Hall–Kier alpha value is -3.33. The van der Waals surface area contributed by atoms with Gasteiger partial charge in [-0.2, -0.15) is 0 Å². The summed E-state index contributed by atoms with van der Waals surface area (Å²) in [7, 11) is 0. The normalized spacial score (nSPS) is 34.1. The third-order valence-electron chi connectivity index (χ3n) is 9.11. The second-order valence-electron chi connectivity index (χ2n) is 11.5. The van der Waals surface area contributed by atoms with Crippen LogP contribution in [-0.2, 0) is 38.2 Å². The van der Waals surface area contributed by atoms with E-state index in [4.69, 9.17) is 14.2 Å². The molecule has 5 rings (SSSR count). The van der Waals surface area contributed by atoms with Crippen molar-refractivity contribution >= 4 is 29.7 Å². The largest absolute Gasteiger partial charge is 0.481 e. The maximum Gasteiger partial charge on any atom is 0.343 e. The van der Waals surface area contributed by atoms with Crippen LogP contribution in [-0.4, -0.2) is 46.7 Å². The highest BCUT2D eigenvalue weighted by molar-refractivity contribution is 6.14. The molecular formula is C31H36O9. The second-order valence-corrected chi connectivity index (χ2v) is 11.5. The zero-order valence-corrected chi connectivity index (χ0v) is 23.0. The number of carboxylic acids is 1. The number of hydrogen-bond acceptors (Lipinski definition) is 8. The van der Waals surface area contributed by atoms with Gasteiger partial charge < -0.3 is 19.3 Å². The molecule has 0 radical (unpaired) electrons. The van der Waals surface area contributed by atoms with Crippen LogP contribution in [0.25, 0.3) is 0 Å². The number of rotatable bonds is 12. The number of cyclic esters (lactones) is 2. The zero-order chi connectivity index (χ0) is 28.7. The molecule has 1 spiro atoms. The van der Waals surface area contributed by atoms with Gasteiger partial charge in [0.25, 0.3) is 0 Å². The van der Waals surface area contributed by atoms with E-state index in [1.807, 2.05) is 38.2 Å². The van der Waals surface area contributed by atoms with Crippen LogP contribution in [0.4, 0.5) is 0 Å². The summed E-state index contributed by atoms with van der Waals surface area (Å²) in [5.74, 6) is -7.03. The molecule has 0 unspecified atom stereocenters. The fourth-order valence-corrected chi connectivity index (χ4v) is 7.40. The van der Waals surface area contributed by atoms with Gasteiger partial charge in [-0.25, -0.2) is 9.59 Å². The number of Topliss-reactive ketones (excluding diaryl/α,β-unsaturated/α-hetero) is 1. The molecule has 9 heteroatoms. The van der Waals surface area contributed by atoms with Crippen molar-refractivity contribution in [2.45, 2.75) is 89.9 Å². The molecule has 2 fully saturated rings. The minimum absolute atomic E-state index is 0.0270. The summed E-state index contributed by atoms with van der Waals surface area (Å²) < 4.78 is 17.4. The van der Waals surface area contributed by atoms with Crippen LogP contribution in [0.2, 0.25) is 0 Å². The van der Waals surface area contributed by atoms with Gasteiger partial charge in [-0.1, -0.05) is 43.2 Å². The van der Waals surface area contributed by atoms with E-state index in [1.54, 1.807) is 0 Å². The minimum atomic E-state index is -1.82. The van der Waals surface area contributed by atoms with Crippen LogP contribution in [0, 0.1) is 23.2 Å². The molecule has 3 aliphatic heterocycles. The highest BCUT2D eigenvalue weighted by atomic mass is 16.7. The zero-order valence-electron chi connectivity index (χ0n) is 23.0. The van der Waals surface area contributed by atoms with Gasteiger partial charge in [0, 0.05) is 18.4 Å². The van der Waals surface area contributed by atoms with Crippen LogP contribution < -0.4 is 0 Å². The molecule has 0 aromatic rings. The monoisotopic (exact) mass is 552 g/mol. The van der Waals surface area contributed by atoms with Gasteiger partial charge in [-0.05, 0) is 57.8 Å². The highest BCUT2D eigenvalue weighted by Crippen LogP contribution is 2.67. The summed E-state index contributed by atoms with van der Waals surface area (Å²) in [6.07, 6.45) is 13.6. The van der Waals surface area contributed by atoms with E-state index in [0.717, 1.165) is 32.1 Å². The third-order valence-corrected chi connectivity index (χ3v) is 9.11. The summed E-state index contributed by atoms with van der Waals surface area (Å²) in [6.45, 7) is 3.86. The quantitative estimate of drug-likeness (QED) is 0.161. The first-order valence-electron chi connectivity index (χ1n) is 14.3. The smallest absolute Gasteiger partial charge is 0.343 e. The predicted octanol–water partition coefficient (Wildman–Crippen LogP) is 4.51. The Morgan fingerprint density at radius 3 is 2.52 bits per heavy atom. The van der Waals surface area contributed by atoms with Crippen LogP contribution in [0.3, 0.4) is 0 Å². The van der Waals surface area contributed by atoms with E-state index in [1.165, 1.54) is 0 Å². The fourth-order valence-electron chi connectivity index (χ4n) is 7.40. The molecule has 214 valence electrons. The molecule has 5 aliphatic rings. The van der Waals surface area contributed by atoms with E-state index in [9.17, 15) is 29.1 Å². The van der Waals surface area contributed by atoms with Crippen LogP contribution in [0.5, 0.6) is 0 Å². The van der Waals surface area contributed by atoms with Crippen molar-refractivity contribution in [3.8, 4) is 0 Å². The molecule has 0 saturated carbocycles. The van der Waals surface area contributed by atoms with Gasteiger partial charge >= 0.3 is 23.9 Å². The van der Waals surface area contributed by atoms with E-state index in [-0.39, 0.29) is 41.6 Å². The molecule has 9 nitrogen and oxygen atoms in total. The number of ketones is 1. The van der Waals surface area contributed by atoms with Crippen molar-refractivity contribution in [2.24, 2.45) is 23.2 Å². The molecule has 2 saturated heterocycles. The lowest BCUT2D eigenvalue weighted by molar-refractivity contribution is -0.268. The first kappa shape index (κ1) is 28.2. The van der Waals surface area contributed by atoms with Crippen molar-refractivity contribution in [1.82, 2.24) is 0 Å². The number of allylic oxidation sites excluding steroid dienone is 5. The summed E-state index contributed by atoms with van der Waals surface area (Å²) in [5, 5.41) is 9.90. The number of unbranched alkanes of at least 4 members (excludes halogenated alkanes) is 3. The Morgan fingerprint density at radius 2 is 1.80 bits per heavy atom. The van der Waals surface area contributed by atoms with Gasteiger partial charge in [-0.3, -0.25) is 14.4 Å². The summed E-state index contributed by atoms with van der Waals surface area (Å²) in [6, 6.07) is 0. The van der Waals surface area contributed by atoms with Crippen LogP contribution in [0.1, 0.15) is 78.1 Å². The lowest BCUT2D eigenvalue weighted by atomic mass is 9.59. The van der Waals surface area contributed by atoms with Gasteiger partial charge in [0.05, 0.1) is 23.5 Å². The molecule has 2 aliphatic carbocycles. The van der Waals surface area contributed by atoms with Crippen LogP contribution in [0.15, 0.2) is 47.1 Å². The molecular weight excluding hydrogens is 516 g/mol. The lowest BCUT2D eigenvalue weighted by Crippen LogP contribution is -2.59. The maximum absolute atomic E-state index is 13.7. The molecule has 5 bridgehead atoms. The predicted molar refractivity (Wildman–Crippen MR) is 141 cm³/mol. The fraction of sp³-hybridized carbons (Fsp3) is 0.581. The Bertz CT molecular complexity index is 1250. The number of carbonyl (C=O) groups is 5. The topological polar surface area (TPSA) is 133 Å². The highest BCUT2D eigenvalue weighted by Gasteiger charge is 2.75. The number of esters is 3. The molecule has 0 aromatic carbocycles. The Labute approximate surface area is 233 Å². The van der Waals surface area contributed by atoms with Gasteiger partial charge in [0.15, 0.2) is 5.78 Å². The molecule has 3 heterocycles. The average Bonchev–Trinajstić information content (AvgIpc) is 3.25. The van der Waals surface area contributed by atoms with E-state index in [2.05, 4.69) is 6.08 Å². The van der Waals surface area contributed by atoms with Crippen molar-refractivity contribution < 1.29 is 43.3 Å². The molecule has 6 atom stereocenters.